The molecular weight excluding hydrogens is 238 g/mol. The quantitative estimate of drug-likeness (QED) is 0.714. The highest BCUT2D eigenvalue weighted by molar-refractivity contribution is 5.64. The van der Waals surface area contributed by atoms with Crippen molar-refractivity contribution in [3.63, 3.8) is 0 Å². The average Bonchev–Trinajstić information content (AvgIpc) is 2.63. The molecule has 0 amide bonds. The van der Waals surface area contributed by atoms with Crippen LogP contribution in [0.1, 0.15) is 11.3 Å². The minimum atomic E-state index is -4.63. The maximum atomic E-state index is 12.9. The van der Waals surface area contributed by atoms with Gasteiger partial charge in [-0.05, 0) is 25.1 Å². The molecule has 1 heterocycles. The fraction of sp³-hybridized carbons (Fsp3) is 0.182. The van der Waals surface area contributed by atoms with Gasteiger partial charge in [0.15, 0.2) is 0 Å². The lowest BCUT2D eigenvalue weighted by Crippen LogP contribution is -2.07. The van der Waals surface area contributed by atoms with Crippen molar-refractivity contribution < 1.29 is 22.1 Å². The van der Waals surface area contributed by atoms with E-state index in [1.165, 1.54) is 6.07 Å². The second kappa shape index (κ2) is 3.87. The number of hydrogen-bond donors (Lipinski definition) is 0. The van der Waals surface area contributed by atoms with Crippen LogP contribution in [0.4, 0.5) is 17.6 Å². The number of alkyl halides is 3. The van der Waals surface area contributed by atoms with Crippen LogP contribution in [0.15, 0.2) is 28.8 Å². The molecule has 0 aliphatic carbocycles. The second-order valence-electron chi connectivity index (χ2n) is 3.51. The Morgan fingerprint density at radius 1 is 1.18 bits per heavy atom. The summed E-state index contributed by atoms with van der Waals surface area (Å²) in [5.74, 6) is -0.557. The Balaban J connectivity index is 2.61. The Morgan fingerprint density at radius 2 is 1.88 bits per heavy atom. The van der Waals surface area contributed by atoms with Crippen LogP contribution in [0.25, 0.3) is 11.3 Å². The van der Waals surface area contributed by atoms with E-state index >= 15 is 0 Å². The number of aromatic nitrogens is 1. The van der Waals surface area contributed by atoms with Gasteiger partial charge in [-0.2, -0.15) is 13.2 Å². The number of rotatable bonds is 1. The van der Waals surface area contributed by atoms with E-state index in [4.69, 9.17) is 4.52 Å². The van der Waals surface area contributed by atoms with Crippen LogP contribution in [-0.2, 0) is 6.18 Å². The third kappa shape index (κ3) is 2.30. The molecule has 2 aromatic rings. The fourth-order valence-corrected chi connectivity index (χ4v) is 1.47. The van der Waals surface area contributed by atoms with Crippen molar-refractivity contribution in [3.05, 3.63) is 41.4 Å². The molecule has 2 rings (SSSR count). The molecule has 0 N–H and O–H groups in total. The molecule has 0 aliphatic rings. The predicted octanol–water partition coefficient (Wildman–Crippen LogP) is 3.81. The van der Waals surface area contributed by atoms with Crippen molar-refractivity contribution in [1.82, 2.24) is 5.16 Å². The van der Waals surface area contributed by atoms with Gasteiger partial charge in [0, 0.05) is 11.6 Å². The molecule has 0 unspecified atom stereocenters. The average molecular weight is 245 g/mol. The van der Waals surface area contributed by atoms with E-state index in [0.717, 1.165) is 12.1 Å². The lowest BCUT2D eigenvalue weighted by atomic mass is 10.0. The first-order chi connectivity index (χ1) is 7.88. The highest BCUT2D eigenvalue weighted by Gasteiger charge is 2.34. The molecule has 0 spiro atoms. The smallest absolute Gasteiger partial charge is 0.361 e. The van der Waals surface area contributed by atoms with Gasteiger partial charge in [0.1, 0.15) is 17.3 Å². The summed E-state index contributed by atoms with van der Waals surface area (Å²) in [6.45, 7) is 1.56. The molecule has 1 aromatic heterocycles. The maximum Gasteiger partial charge on any atom is 0.417 e. The summed E-state index contributed by atoms with van der Waals surface area (Å²) < 4.78 is 55.6. The lowest BCUT2D eigenvalue weighted by molar-refractivity contribution is -0.137. The highest BCUT2D eigenvalue weighted by atomic mass is 19.4. The van der Waals surface area contributed by atoms with Gasteiger partial charge in [-0.25, -0.2) is 4.39 Å². The van der Waals surface area contributed by atoms with E-state index in [-0.39, 0.29) is 11.3 Å². The van der Waals surface area contributed by atoms with Crippen molar-refractivity contribution in [2.45, 2.75) is 13.1 Å². The van der Waals surface area contributed by atoms with Gasteiger partial charge in [0.25, 0.3) is 0 Å². The van der Waals surface area contributed by atoms with Crippen LogP contribution in [0.3, 0.4) is 0 Å². The first-order valence-corrected chi connectivity index (χ1v) is 4.68. The zero-order valence-electron chi connectivity index (χ0n) is 8.68. The second-order valence-corrected chi connectivity index (χ2v) is 3.51. The highest BCUT2D eigenvalue weighted by Crippen LogP contribution is 2.37. The molecule has 17 heavy (non-hydrogen) atoms. The molecule has 2 nitrogen and oxygen atoms in total. The van der Waals surface area contributed by atoms with Crippen LogP contribution < -0.4 is 0 Å². The Labute approximate surface area is 93.8 Å². The SMILES string of the molecule is Cc1cc(-c2ccc(F)cc2C(F)(F)F)no1. The topological polar surface area (TPSA) is 26.0 Å². The van der Waals surface area contributed by atoms with Gasteiger partial charge < -0.3 is 4.52 Å². The maximum absolute atomic E-state index is 12.9. The van der Waals surface area contributed by atoms with Gasteiger partial charge in [-0.1, -0.05) is 5.16 Å². The molecule has 0 bridgehead atoms. The Bertz CT molecular complexity index is 545. The zero-order valence-corrected chi connectivity index (χ0v) is 8.68. The van der Waals surface area contributed by atoms with E-state index < -0.39 is 17.6 Å². The Morgan fingerprint density at radius 3 is 2.41 bits per heavy atom. The molecule has 6 heteroatoms. The van der Waals surface area contributed by atoms with E-state index in [2.05, 4.69) is 5.16 Å². The standard InChI is InChI=1S/C11H7F4NO/c1-6-4-10(16-17-6)8-3-2-7(12)5-9(8)11(13,14)15/h2-5H,1H3. The van der Waals surface area contributed by atoms with Crippen LogP contribution in [-0.4, -0.2) is 5.16 Å². The first-order valence-electron chi connectivity index (χ1n) is 4.68. The van der Waals surface area contributed by atoms with Gasteiger partial charge in [0.2, 0.25) is 0 Å². The normalized spacial score (nSPS) is 11.8. The van der Waals surface area contributed by atoms with Gasteiger partial charge in [-0.3, -0.25) is 0 Å². The van der Waals surface area contributed by atoms with Crippen molar-refractivity contribution >= 4 is 0 Å². The Hall–Kier alpha value is -1.85. The van der Waals surface area contributed by atoms with Crippen molar-refractivity contribution in [2.75, 3.05) is 0 Å². The summed E-state index contributed by atoms with van der Waals surface area (Å²) in [5, 5.41) is 3.49. The minimum absolute atomic E-state index is 0.0369. The van der Waals surface area contributed by atoms with E-state index in [0.29, 0.717) is 11.8 Å². The van der Waals surface area contributed by atoms with Crippen LogP contribution in [0.2, 0.25) is 0 Å². The number of benzene rings is 1. The molecule has 1 aromatic carbocycles. The van der Waals surface area contributed by atoms with Gasteiger partial charge >= 0.3 is 6.18 Å². The summed E-state index contributed by atoms with van der Waals surface area (Å²) in [6, 6.07) is 3.80. The van der Waals surface area contributed by atoms with Gasteiger partial charge in [0.05, 0.1) is 5.56 Å². The first kappa shape index (κ1) is 11.6. The molecule has 0 aliphatic heterocycles. The molecule has 0 fully saturated rings. The predicted molar refractivity (Wildman–Crippen MR) is 51.6 cm³/mol. The number of hydrogen-bond acceptors (Lipinski definition) is 2. The van der Waals surface area contributed by atoms with Crippen molar-refractivity contribution in [1.29, 1.82) is 0 Å². The van der Waals surface area contributed by atoms with Crippen LogP contribution >= 0.6 is 0 Å². The van der Waals surface area contributed by atoms with E-state index in [1.54, 1.807) is 6.92 Å². The van der Waals surface area contributed by atoms with Crippen LogP contribution in [0.5, 0.6) is 0 Å². The van der Waals surface area contributed by atoms with Crippen molar-refractivity contribution in [3.8, 4) is 11.3 Å². The number of halogens is 4. The largest absolute Gasteiger partial charge is 0.417 e. The van der Waals surface area contributed by atoms with E-state index in [1.807, 2.05) is 0 Å². The molecular formula is C11H7F4NO. The Kier molecular flexibility index (Phi) is 2.65. The number of aryl methyl sites for hydroxylation is 1. The number of nitrogens with zero attached hydrogens (tertiary/aromatic N) is 1. The summed E-state index contributed by atoms with van der Waals surface area (Å²) >= 11 is 0. The summed E-state index contributed by atoms with van der Waals surface area (Å²) in [7, 11) is 0. The van der Waals surface area contributed by atoms with Gasteiger partial charge in [-0.15, -0.1) is 0 Å². The molecule has 0 saturated carbocycles. The molecule has 0 atom stereocenters. The fourth-order valence-electron chi connectivity index (χ4n) is 1.47. The third-order valence-corrected chi connectivity index (χ3v) is 2.19. The molecule has 90 valence electrons. The monoisotopic (exact) mass is 245 g/mol. The third-order valence-electron chi connectivity index (χ3n) is 2.19. The summed E-state index contributed by atoms with van der Waals surface area (Å²) in [4.78, 5) is 0. The molecule has 0 radical (unpaired) electrons. The summed E-state index contributed by atoms with van der Waals surface area (Å²) in [5.41, 5.74) is -1.23. The summed E-state index contributed by atoms with van der Waals surface area (Å²) in [6.07, 6.45) is -4.63. The van der Waals surface area contributed by atoms with E-state index in [9.17, 15) is 17.6 Å². The molecule has 0 saturated heterocycles. The van der Waals surface area contributed by atoms with Crippen LogP contribution in [0, 0.1) is 12.7 Å². The zero-order chi connectivity index (χ0) is 12.6. The lowest BCUT2D eigenvalue weighted by Gasteiger charge is -2.10. The minimum Gasteiger partial charge on any atom is -0.361 e. The van der Waals surface area contributed by atoms with Crippen molar-refractivity contribution in [2.24, 2.45) is 0 Å².